The van der Waals surface area contributed by atoms with Gasteiger partial charge in [0.2, 0.25) is 0 Å². The molecule has 0 fully saturated rings. The van der Waals surface area contributed by atoms with E-state index in [0.29, 0.717) is 21.2 Å². The highest BCUT2D eigenvalue weighted by Gasteiger charge is 2.07. The van der Waals surface area contributed by atoms with Gasteiger partial charge in [0.25, 0.3) is 0 Å². The zero-order chi connectivity index (χ0) is 15.4. The van der Waals surface area contributed by atoms with Crippen LogP contribution < -0.4 is 0 Å². The lowest BCUT2D eigenvalue weighted by Gasteiger charge is -2.03. The van der Waals surface area contributed by atoms with E-state index in [9.17, 15) is 14.3 Å². The van der Waals surface area contributed by atoms with Crippen molar-refractivity contribution in [3.8, 4) is 5.75 Å². The van der Waals surface area contributed by atoms with Crippen molar-refractivity contribution in [2.75, 3.05) is 0 Å². The van der Waals surface area contributed by atoms with Gasteiger partial charge in [0.05, 0.1) is 10.0 Å². The predicted molar refractivity (Wildman–Crippen MR) is 82.3 cm³/mol. The van der Waals surface area contributed by atoms with Crippen LogP contribution in [0.3, 0.4) is 0 Å². The summed E-state index contributed by atoms with van der Waals surface area (Å²) in [6.45, 7) is 0. The molecule has 2 nitrogen and oxygen atoms in total. The van der Waals surface area contributed by atoms with Gasteiger partial charge in [-0.15, -0.1) is 0 Å². The third-order valence-corrected chi connectivity index (χ3v) is 3.69. The normalized spacial score (nSPS) is 11.0. The minimum atomic E-state index is -0.704. The Hall–Kier alpha value is -1.84. The molecular weight excluding hydrogens is 314 g/mol. The van der Waals surface area contributed by atoms with E-state index in [2.05, 4.69) is 0 Å². The molecule has 0 heterocycles. The van der Waals surface area contributed by atoms with Gasteiger partial charge in [-0.25, -0.2) is 4.39 Å². The molecule has 2 aromatic carbocycles. The van der Waals surface area contributed by atoms with Gasteiger partial charge in [0.1, 0.15) is 0 Å². The van der Waals surface area contributed by atoms with Gasteiger partial charge in [-0.3, -0.25) is 4.79 Å². The largest absolute Gasteiger partial charge is 0.505 e. The number of carbonyl (C=O) groups excluding carboxylic acids is 1. The molecule has 0 spiro atoms. The molecule has 1 N–H and O–H groups in total. The molecule has 0 aliphatic rings. The monoisotopic (exact) mass is 324 g/mol. The van der Waals surface area contributed by atoms with E-state index in [1.54, 1.807) is 18.2 Å². The van der Waals surface area contributed by atoms with Gasteiger partial charge in [-0.1, -0.05) is 47.5 Å². The lowest BCUT2D eigenvalue weighted by Crippen LogP contribution is -1.99. The molecule has 108 valence electrons. The van der Waals surface area contributed by atoms with Crippen molar-refractivity contribution in [3.63, 3.8) is 0 Å². The van der Waals surface area contributed by atoms with Crippen molar-refractivity contribution in [1.29, 1.82) is 0 Å². The summed E-state index contributed by atoms with van der Waals surface area (Å²) in [6.07, 6.45) is 2.97. The number of hydrogen-bond donors (Lipinski definition) is 1. The summed E-state index contributed by atoms with van der Waals surface area (Å²) in [7, 11) is 0. The van der Waals surface area contributed by atoms with Crippen molar-refractivity contribution in [1.82, 2.24) is 0 Å². The average Bonchev–Trinajstić information content (AvgIpc) is 2.45. The van der Waals surface area contributed by atoms with Gasteiger partial charge in [-0.05, 0) is 35.4 Å². The van der Waals surface area contributed by atoms with Crippen LogP contribution in [0, 0.1) is 5.82 Å². The second-order valence-electron chi connectivity index (χ2n) is 4.40. The summed E-state index contributed by atoms with van der Waals surface area (Å²) in [6, 6.07) is 8.93. The number of phenols is 1. The van der Waals surface area contributed by atoms with E-state index in [-0.39, 0.29) is 12.2 Å². The molecule has 0 saturated heterocycles. The highest BCUT2D eigenvalue weighted by atomic mass is 35.5. The fourth-order valence-electron chi connectivity index (χ4n) is 1.75. The first-order valence-electron chi connectivity index (χ1n) is 6.09. The summed E-state index contributed by atoms with van der Waals surface area (Å²) in [5.41, 5.74) is 1.17. The SMILES string of the molecule is O=C(/C=C/c1ccc(F)c(O)c1)Cc1cccc(Cl)c1Cl. The zero-order valence-electron chi connectivity index (χ0n) is 10.8. The molecule has 5 heteroatoms. The number of benzene rings is 2. The first-order valence-corrected chi connectivity index (χ1v) is 6.85. The third-order valence-electron chi connectivity index (χ3n) is 2.83. The van der Waals surface area contributed by atoms with Gasteiger partial charge in [0, 0.05) is 6.42 Å². The Bertz CT molecular complexity index is 711. The third kappa shape index (κ3) is 4.06. The Kier molecular flexibility index (Phi) is 4.99. The maximum absolute atomic E-state index is 12.9. The number of aromatic hydroxyl groups is 1. The first kappa shape index (κ1) is 15.5. The average molecular weight is 325 g/mol. The second kappa shape index (κ2) is 6.74. The molecule has 0 bridgehead atoms. The predicted octanol–water partition coefficient (Wildman–Crippen LogP) is 4.66. The smallest absolute Gasteiger partial charge is 0.164 e. The Morgan fingerprint density at radius 2 is 2.00 bits per heavy atom. The number of carbonyl (C=O) groups is 1. The Balaban J connectivity index is 2.09. The van der Waals surface area contributed by atoms with E-state index in [4.69, 9.17) is 23.2 Å². The van der Waals surface area contributed by atoms with Crippen LogP contribution in [0.2, 0.25) is 10.0 Å². The topological polar surface area (TPSA) is 37.3 Å². The standard InChI is InChI=1S/C16H11Cl2FO2/c17-13-3-1-2-11(16(13)18)9-12(20)6-4-10-5-7-14(19)15(21)8-10/h1-8,21H,9H2/b6-4+. The van der Waals surface area contributed by atoms with Crippen LogP contribution in [-0.2, 0) is 11.2 Å². The van der Waals surface area contributed by atoms with Crippen LogP contribution in [0.5, 0.6) is 5.75 Å². The lowest BCUT2D eigenvalue weighted by molar-refractivity contribution is -0.113. The molecule has 0 aliphatic heterocycles. The van der Waals surface area contributed by atoms with Crippen LogP contribution in [-0.4, -0.2) is 10.9 Å². The van der Waals surface area contributed by atoms with E-state index >= 15 is 0 Å². The van der Waals surface area contributed by atoms with Crippen LogP contribution in [0.4, 0.5) is 4.39 Å². The minimum absolute atomic E-state index is 0.114. The van der Waals surface area contributed by atoms with Crippen molar-refractivity contribution in [2.24, 2.45) is 0 Å². The molecule has 2 aromatic rings. The Morgan fingerprint density at radius 3 is 2.71 bits per heavy atom. The molecule has 0 unspecified atom stereocenters. The summed E-state index contributed by atoms with van der Waals surface area (Å²) in [5.74, 6) is -1.34. The Labute approximate surface area is 131 Å². The summed E-state index contributed by atoms with van der Waals surface area (Å²) >= 11 is 11.9. The number of allylic oxidation sites excluding steroid dienone is 1. The van der Waals surface area contributed by atoms with Gasteiger partial charge < -0.3 is 5.11 Å². The van der Waals surface area contributed by atoms with E-state index in [1.807, 2.05) is 0 Å². The molecule has 0 aliphatic carbocycles. The van der Waals surface area contributed by atoms with E-state index in [0.717, 1.165) is 6.07 Å². The maximum Gasteiger partial charge on any atom is 0.164 e. The molecule has 2 rings (SSSR count). The number of hydrogen-bond acceptors (Lipinski definition) is 2. The lowest BCUT2D eigenvalue weighted by atomic mass is 10.1. The fraction of sp³-hybridized carbons (Fsp3) is 0.0625. The van der Waals surface area contributed by atoms with Crippen molar-refractivity contribution < 1.29 is 14.3 Å². The minimum Gasteiger partial charge on any atom is -0.505 e. The molecular formula is C16H11Cl2FO2. The Morgan fingerprint density at radius 1 is 1.24 bits per heavy atom. The van der Waals surface area contributed by atoms with Gasteiger partial charge >= 0.3 is 0 Å². The molecule has 0 radical (unpaired) electrons. The van der Waals surface area contributed by atoms with Crippen molar-refractivity contribution in [2.45, 2.75) is 6.42 Å². The van der Waals surface area contributed by atoms with Crippen LogP contribution in [0.1, 0.15) is 11.1 Å². The number of rotatable bonds is 4. The molecule has 0 saturated carbocycles. The molecule has 0 amide bonds. The summed E-state index contributed by atoms with van der Waals surface area (Å²) in [4.78, 5) is 11.9. The van der Waals surface area contributed by atoms with Crippen molar-refractivity contribution in [3.05, 3.63) is 69.5 Å². The number of phenolic OH excluding ortho intramolecular Hbond substituents is 1. The van der Waals surface area contributed by atoms with Crippen LogP contribution >= 0.6 is 23.2 Å². The molecule has 0 atom stereocenters. The second-order valence-corrected chi connectivity index (χ2v) is 5.19. The molecule has 0 aromatic heterocycles. The fourth-order valence-corrected chi connectivity index (χ4v) is 2.14. The zero-order valence-corrected chi connectivity index (χ0v) is 12.3. The highest BCUT2D eigenvalue weighted by Crippen LogP contribution is 2.26. The van der Waals surface area contributed by atoms with E-state index < -0.39 is 11.6 Å². The number of halogens is 3. The molecule has 21 heavy (non-hydrogen) atoms. The van der Waals surface area contributed by atoms with Crippen LogP contribution in [0.15, 0.2) is 42.5 Å². The van der Waals surface area contributed by atoms with Gasteiger partial charge in [-0.2, -0.15) is 0 Å². The van der Waals surface area contributed by atoms with Crippen molar-refractivity contribution >= 4 is 35.1 Å². The first-order chi connectivity index (χ1) is 9.97. The highest BCUT2D eigenvalue weighted by molar-refractivity contribution is 6.42. The maximum atomic E-state index is 12.9. The van der Waals surface area contributed by atoms with Crippen LogP contribution in [0.25, 0.3) is 6.08 Å². The summed E-state index contributed by atoms with van der Waals surface area (Å²) < 4.78 is 12.9. The van der Waals surface area contributed by atoms with Gasteiger partial charge in [0.15, 0.2) is 17.3 Å². The quantitative estimate of drug-likeness (QED) is 0.830. The summed E-state index contributed by atoms with van der Waals surface area (Å²) in [5, 5.41) is 10.0. The number of ketones is 1. The van der Waals surface area contributed by atoms with E-state index in [1.165, 1.54) is 24.3 Å².